The minimum atomic E-state index is -1.10. The van der Waals surface area contributed by atoms with Crippen molar-refractivity contribution in [2.75, 3.05) is 40.5 Å². The Hall–Kier alpha value is -6.74. The van der Waals surface area contributed by atoms with Gasteiger partial charge >= 0.3 is 0 Å². The van der Waals surface area contributed by atoms with Gasteiger partial charge in [0, 0.05) is 38.2 Å². The van der Waals surface area contributed by atoms with E-state index in [4.69, 9.17) is 18.9 Å². The van der Waals surface area contributed by atoms with Crippen LogP contribution in [-0.2, 0) is 32.3 Å². The Balaban J connectivity index is 0.862. The fraction of sp³-hybridized carbons (Fsp3) is 0.333. The zero-order valence-electron chi connectivity index (χ0n) is 33.9. The van der Waals surface area contributed by atoms with Crippen molar-refractivity contribution < 1.29 is 47.7 Å². The van der Waals surface area contributed by atoms with Crippen molar-refractivity contribution in [1.29, 1.82) is 0 Å². The number of nitrogens with one attached hydrogen (secondary N) is 4. The number of carbonyl (C=O) groups is 6. The van der Waals surface area contributed by atoms with E-state index in [1.165, 1.54) is 29.3 Å². The minimum Gasteiger partial charge on any atom is -0.496 e. The first kappa shape index (κ1) is 42.9. The van der Waals surface area contributed by atoms with Crippen molar-refractivity contribution in [3.8, 4) is 34.1 Å². The number of methoxy groups -OCH3 is 2. The number of benzene rings is 4. The lowest BCUT2D eigenvalue weighted by Crippen LogP contribution is -2.54. The number of aryl methyl sites for hydroxylation is 1. The molecule has 1 atom stereocenters. The Morgan fingerprint density at radius 1 is 0.767 bits per heavy atom. The van der Waals surface area contributed by atoms with Gasteiger partial charge in [0.2, 0.25) is 17.7 Å². The molecule has 2 aliphatic heterocycles. The Labute approximate surface area is 348 Å². The van der Waals surface area contributed by atoms with Crippen LogP contribution >= 0.6 is 0 Å². The van der Waals surface area contributed by atoms with Gasteiger partial charge in [-0.25, -0.2) is 0 Å². The largest absolute Gasteiger partial charge is 0.496 e. The fourth-order valence-electron chi connectivity index (χ4n) is 7.19. The summed E-state index contributed by atoms with van der Waals surface area (Å²) in [5, 5.41) is 11.0. The van der Waals surface area contributed by atoms with Gasteiger partial charge in [-0.1, -0.05) is 54.6 Å². The molecule has 6 amide bonds. The van der Waals surface area contributed by atoms with Crippen LogP contribution in [0.25, 0.3) is 11.1 Å². The van der Waals surface area contributed by atoms with E-state index in [9.17, 15) is 28.8 Å². The molecule has 1 fully saturated rings. The van der Waals surface area contributed by atoms with Crippen molar-refractivity contribution in [3.63, 3.8) is 0 Å². The third-order valence-corrected chi connectivity index (χ3v) is 10.2. The zero-order chi connectivity index (χ0) is 42.6. The van der Waals surface area contributed by atoms with Gasteiger partial charge in [0.15, 0.2) is 6.61 Å². The molecule has 1 saturated heterocycles. The lowest BCUT2D eigenvalue weighted by molar-refractivity contribution is -0.136. The van der Waals surface area contributed by atoms with Crippen molar-refractivity contribution >= 4 is 35.4 Å². The Kier molecular flexibility index (Phi) is 14.5. The van der Waals surface area contributed by atoms with Crippen LogP contribution < -0.4 is 40.2 Å². The van der Waals surface area contributed by atoms with Crippen LogP contribution in [0.1, 0.15) is 69.5 Å². The van der Waals surface area contributed by atoms with E-state index in [-0.39, 0.29) is 48.8 Å². The van der Waals surface area contributed by atoms with Crippen LogP contribution in [0.15, 0.2) is 78.9 Å². The van der Waals surface area contributed by atoms with Crippen LogP contribution in [0, 0.1) is 6.92 Å². The molecule has 4 aromatic rings. The second-order valence-corrected chi connectivity index (χ2v) is 14.4. The normalized spacial score (nSPS) is 14.7. The van der Waals surface area contributed by atoms with Gasteiger partial charge in [-0.15, -0.1) is 0 Å². The quantitative estimate of drug-likeness (QED) is 0.0738. The number of hydrogen-bond acceptors (Lipinski definition) is 11. The van der Waals surface area contributed by atoms with Crippen molar-refractivity contribution in [2.45, 2.75) is 58.2 Å². The predicted octanol–water partition coefficient (Wildman–Crippen LogP) is 4.23. The number of piperidine rings is 1. The van der Waals surface area contributed by atoms with Crippen molar-refractivity contribution in [3.05, 3.63) is 107 Å². The predicted molar refractivity (Wildman–Crippen MR) is 221 cm³/mol. The van der Waals surface area contributed by atoms with Crippen LogP contribution in [0.5, 0.6) is 23.0 Å². The molecular formula is C45H49N5O10. The maximum Gasteiger partial charge on any atom is 0.266 e. The van der Waals surface area contributed by atoms with Crippen molar-refractivity contribution in [2.24, 2.45) is 0 Å². The van der Waals surface area contributed by atoms with Gasteiger partial charge < -0.3 is 34.9 Å². The highest BCUT2D eigenvalue weighted by Crippen LogP contribution is 2.36. The monoisotopic (exact) mass is 819 g/mol. The number of hydrogen-bond donors (Lipinski definition) is 4. The molecule has 4 aromatic carbocycles. The SMILES string of the molecule is COc1cc(OCc2ccc(-c3ccccc3)c(C)c2)cc(OC)c1CNCC(=O)NCCCCCNC(=O)COc1cccc2c1C(=O)N(C1CCC(=O)NC1=O)C2=O. The maximum atomic E-state index is 13.2. The first-order valence-electron chi connectivity index (χ1n) is 19.8. The second kappa shape index (κ2) is 20.3. The van der Waals surface area contributed by atoms with Crippen LogP contribution in [0.4, 0.5) is 0 Å². The summed E-state index contributed by atoms with van der Waals surface area (Å²) < 4.78 is 23.1. The highest BCUT2D eigenvalue weighted by atomic mass is 16.5. The number of unbranched alkanes of at least 4 members (excludes halogenated alkanes) is 2. The third-order valence-electron chi connectivity index (χ3n) is 10.2. The van der Waals surface area contributed by atoms with Crippen LogP contribution in [0.3, 0.4) is 0 Å². The number of fused-ring (bicyclic) bond motifs is 1. The first-order valence-corrected chi connectivity index (χ1v) is 19.8. The minimum absolute atomic E-state index is 0.00757. The maximum absolute atomic E-state index is 13.2. The number of nitrogens with zero attached hydrogens (tertiary/aromatic N) is 1. The van der Waals surface area contributed by atoms with Gasteiger partial charge in [0.1, 0.15) is 35.6 Å². The first-order chi connectivity index (χ1) is 29.1. The topological polar surface area (TPSA) is 191 Å². The lowest BCUT2D eigenvalue weighted by atomic mass is 9.99. The van der Waals surface area contributed by atoms with E-state index >= 15 is 0 Å². The van der Waals surface area contributed by atoms with E-state index in [1.807, 2.05) is 18.2 Å². The smallest absolute Gasteiger partial charge is 0.266 e. The number of amides is 6. The molecule has 2 heterocycles. The highest BCUT2D eigenvalue weighted by Gasteiger charge is 2.46. The van der Waals surface area contributed by atoms with Gasteiger partial charge in [0.25, 0.3) is 17.7 Å². The molecule has 1 unspecified atom stereocenters. The standard InChI is InChI=1S/C45H49N5O10/c1-28-21-29(15-16-32(28)30-11-6-4-7-12-30)26-59-31-22-37(57-2)34(38(23-31)58-3)24-46-25-40(52)47-19-8-5-9-20-48-41(53)27-60-36-14-10-13-33-42(36)45(56)50(44(33)55)35-17-18-39(51)49-43(35)54/h4,6-7,10-16,21-23,35,46H,5,8-9,17-20,24-27H2,1-3H3,(H,47,52)(H,48,53)(H,49,51,54). The molecule has 0 bridgehead atoms. The molecule has 0 aliphatic carbocycles. The summed E-state index contributed by atoms with van der Waals surface area (Å²) in [4.78, 5) is 76.0. The summed E-state index contributed by atoms with van der Waals surface area (Å²) in [7, 11) is 3.15. The Bertz CT molecular complexity index is 2220. The van der Waals surface area contributed by atoms with Crippen molar-refractivity contribution in [1.82, 2.24) is 26.2 Å². The van der Waals surface area contributed by atoms with Crippen LogP contribution in [0.2, 0.25) is 0 Å². The molecule has 6 rings (SSSR count). The summed E-state index contributed by atoms with van der Waals surface area (Å²) in [6.45, 7) is 3.31. The molecule has 314 valence electrons. The van der Waals surface area contributed by atoms with E-state index in [2.05, 4.69) is 58.5 Å². The van der Waals surface area contributed by atoms with E-state index < -0.39 is 35.6 Å². The number of rotatable bonds is 20. The van der Waals surface area contributed by atoms with Gasteiger partial charge in [-0.05, 0) is 67.0 Å². The summed E-state index contributed by atoms with van der Waals surface area (Å²) in [5.74, 6) is -1.34. The molecule has 0 aromatic heterocycles. The molecule has 15 heteroatoms. The zero-order valence-corrected chi connectivity index (χ0v) is 33.9. The highest BCUT2D eigenvalue weighted by molar-refractivity contribution is 6.24. The van der Waals surface area contributed by atoms with E-state index in [0.29, 0.717) is 56.3 Å². The number of imide groups is 2. The van der Waals surface area contributed by atoms with Gasteiger partial charge in [0.05, 0.1) is 37.5 Å². The van der Waals surface area contributed by atoms with E-state index in [1.54, 1.807) is 26.4 Å². The third kappa shape index (κ3) is 10.5. The summed E-state index contributed by atoms with van der Waals surface area (Å²) >= 11 is 0. The molecule has 2 aliphatic rings. The van der Waals surface area contributed by atoms with Crippen LogP contribution in [-0.4, -0.2) is 86.8 Å². The Morgan fingerprint density at radius 3 is 2.17 bits per heavy atom. The van der Waals surface area contributed by atoms with Gasteiger partial charge in [-0.2, -0.15) is 0 Å². The average Bonchev–Trinajstić information content (AvgIpc) is 3.50. The Morgan fingerprint density at radius 2 is 1.48 bits per heavy atom. The summed E-state index contributed by atoms with van der Waals surface area (Å²) in [6.07, 6.45) is 2.15. The lowest BCUT2D eigenvalue weighted by Gasteiger charge is -2.27. The molecule has 4 N–H and O–H groups in total. The number of ether oxygens (including phenoxy) is 4. The second-order valence-electron chi connectivity index (χ2n) is 14.4. The molecular weight excluding hydrogens is 771 g/mol. The van der Waals surface area contributed by atoms with Gasteiger partial charge in [-0.3, -0.25) is 39.0 Å². The molecule has 60 heavy (non-hydrogen) atoms. The molecule has 0 radical (unpaired) electrons. The summed E-state index contributed by atoms with van der Waals surface area (Å²) in [5.41, 5.74) is 5.33. The number of carbonyl (C=O) groups excluding carboxylic acids is 6. The molecule has 0 saturated carbocycles. The molecule has 15 nitrogen and oxygen atoms in total. The molecule has 0 spiro atoms. The summed E-state index contributed by atoms with van der Waals surface area (Å²) in [6, 6.07) is 23.5. The average molecular weight is 820 g/mol. The van der Waals surface area contributed by atoms with E-state index in [0.717, 1.165) is 28.0 Å². The fourth-order valence-corrected chi connectivity index (χ4v) is 7.19.